The molecule has 6 nitrogen and oxygen atoms in total. The predicted octanol–water partition coefficient (Wildman–Crippen LogP) is 0.826. The van der Waals surface area contributed by atoms with Gasteiger partial charge in [0.15, 0.2) is 6.61 Å². The van der Waals surface area contributed by atoms with Crippen LogP contribution in [0.2, 0.25) is 0 Å². The normalized spacial score (nSPS) is 19.9. The SMILES string of the molecule is CN1C(=O)COc2ccc(S(=O)(=O)N3CCCC3)cc21. The largest absolute Gasteiger partial charge is 0.482 e. The average molecular weight is 296 g/mol. The fourth-order valence-corrected chi connectivity index (χ4v) is 4.03. The second kappa shape index (κ2) is 4.75. The summed E-state index contributed by atoms with van der Waals surface area (Å²) < 4.78 is 31.8. The van der Waals surface area contributed by atoms with Crippen molar-refractivity contribution < 1.29 is 17.9 Å². The Morgan fingerprint density at radius 2 is 1.90 bits per heavy atom. The van der Waals surface area contributed by atoms with Crippen molar-refractivity contribution in [3.05, 3.63) is 18.2 Å². The van der Waals surface area contributed by atoms with E-state index < -0.39 is 10.0 Å². The number of fused-ring (bicyclic) bond motifs is 1. The molecule has 1 aromatic carbocycles. The molecule has 7 heteroatoms. The zero-order valence-electron chi connectivity index (χ0n) is 11.2. The summed E-state index contributed by atoms with van der Waals surface area (Å²) in [7, 11) is -1.85. The number of carbonyl (C=O) groups excluding carboxylic acids is 1. The van der Waals surface area contributed by atoms with Crippen molar-refractivity contribution >= 4 is 21.6 Å². The summed E-state index contributed by atoms with van der Waals surface area (Å²) >= 11 is 0. The Bertz CT molecular complexity index is 650. The van der Waals surface area contributed by atoms with Gasteiger partial charge >= 0.3 is 0 Å². The van der Waals surface area contributed by atoms with E-state index in [4.69, 9.17) is 4.74 Å². The van der Waals surface area contributed by atoms with Gasteiger partial charge in [-0.05, 0) is 31.0 Å². The molecule has 0 radical (unpaired) electrons. The van der Waals surface area contributed by atoms with Crippen molar-refractivity contribution in [2.24, 2.45) is 0 Å². The van der Waals surface area contributed by atoms with E-state index in [0.29, 0.717) is 24.5 Å². The van der Waals surface area contributed by atoms with Crippen molar-refractivity contribution in [1.82, 2.24) is 4.31 Å². The predicted molar refractivity (Wildman–Crippen MR) is 73.3 cm³/mol. The van der Waals surface area contributed by atoms with Crippen LogP contribution < -0.4 is 9.64 Å². The van der Waals surface area contributed by atoms with Crippen molar-refractivity contribution in [2.75, 3.05) is 31.6 Å². The molecule has 2 heterocycles. The molecule has 1 fully saturated rings. The molecule has 3 rings (SSSR count). The third-order valence-electron chi connectivity index (χ3n) is 3.72. The van der Waals surface area contributed by atoms with E-state index in [1.807, 2.05) is 0 Å². The van der Waals surface area contributed by atoms with Crippen LogP contribution in [0.15, 0.2) is 23.1 Å². The number of rotatable bonds is 2. The van der Waals surface area contributed by atoms with Gasteiger partial charge in [0.25, 0.3) is 5.91 Å². The molecule has 0 aromatic heterocycles. The monoisotopic (exact) mass is 296 g/mol. The second-order valence-corrected chi connectivity index (χ2v) is 6.92. The van der Waals surface area contributed by atoms with Gasteiger partial charge in [-0.3, -0.25) is 4.79 Å². The maximum Gasteiger partial charge on any atom is 0.264 e. The fraction of sp³-hybridized carbons (Fsp3) is 0.462. The summed E-state index contributed by atoms with van der Waals surface area (Å²) in [5.41, 5.74) is 0.501. The van der Waals surface area contributed by atoms with Crippen molar-refractivity contribution in [1.29, 1.82) is 0 Å². The summed E-state index contributed by atoms with van der Waals surface area (Å²) in [4.78, 5) is 13.3. The highest BCUT2D eigenvalue weighted by molar-refractivity contribution is 7.89. The molecule has 0 saturated carbocycles. The number of likely N-dealkylation sites (N-methyl/N-ethyl adjacent to an activating group) is 1. The molecule has 20 heavy (non-hydrogen) atoms. The number of benzene rings is 1. The van der Waals surface area contributed by atoms with Gasteiger partial charge in [0.2, 0.25) is 10.0 Å². The molecule has 1 saturated heterocycles. The molecule has 2 aliphatic rings. The molecule has 1 aromatic rings. The third-order valence-corrected chi connectivity index (χ3v) is 5.61. The molecule has 0 atom stereocenters. The number of hydrogen-bond donors (Lipinski definition) is 0. The van der Waals surface area contributed by atoms with Crippen molar-refractivity contribution in [2.45, 2.75) is 17.7 Å². The standard InChI is InChI=1S/C13H16N2O4S/c1-14-11-8-10(4-5-12(11)19-9-13(14)16)20(17,18)15-6-2-3-7-15/h4-5,8H,2-3,6-7,9H2,1H3. The van der Waals surface area contributed by atoms with Crippen LogP contribution in [0, 0.1) is 0 Å². The first-order chi connectivity index (χ1) is 9.50. The van der Waals surface area contributed by atoms with E-state index in [1.54, 1.807) is 13.1 Å². The third kappa shape index (κ3) is 2.06. The van der Waals surface area contributed by atoms with Crippen LogP contribution in [0.3, 0.4) is 0 Å². The van der Waals surface area contributed by atoms with Crippen molar-refractivity contribution in [3.63, 3.8) is 0 Å². The number of ether oxygens (including phenoxy) is 1. The highest BCUT2D eigenvalue weighted by Crippen LogP contribution is 2.34. The number of amides is 1. The molecule has 1 amide bonds. The van der Waals surface area contributed by atoms with Crippen LogP contribution in [-0.2, 0) is 14.8 Å². The molecular weight excluding hydrogens is 280 g/mol. The first-order valence-electron chi connectivity index (χ1n) is 6.54. The minimum Gasteiger partial charge on any atom is -0.482 e. The molecule has 0 spiro atoms. The lowest BCUT2D eigenvalue weighted by molar-refractivity contribution is -0.120. The van der Waals surface area contributed by atoms with Crippen LogP contribution in [0.1, 0.15) is 12.8 Å². The number of sulfonamides is 1. The topological polar surface area (TPSA) is 66.9 Å². The molecule has 0 unspecified atom stereocenters. The first-order valence-corrected chi connectivity index (χ1v) is 7.98. The summed E-state index contributed by atoms with van der Waals surface area (Å²) in [6.45, 7) is 1.11. The minimum atomic E-state index is -3.47. The van der Waals surface area contributed by atoms with Crippen LogP contribution in [0.25, 0.3) is 0 Å². The Kier molecular flexibility index (Phi) is 3.18. The Balaban J connectivity index is 2.02. The number of nitrogens with zero attached hydrogens (tertiary/aromatic N) is 2. The van der Waals surface area contributed by atoms with Crippen LogP contribution in [0.4, 0.5) is 5.69 Å². The quantitative estimate of drug-likeness (QED) is 0.810. The summed E-state index contributed by atoms with van der Waals surface area (Å²) in [6, 6.07) is 4.66. The Hall–Kier alpha value is -1.60. The zero-order valence-corrected chi connectivity index (χ0v) is 12.0. The lowest BCUT2D eigenvalue weighted by Gasteiger charge is -2.26. The van der Waals surface area contributed by atoms with Gasteiger partial charge in [-0.25, -0.2) is 8.42 Å². The lowest BCUT2D eigenvalue weighted by Crippen LogP contribution is -2.36. The molecule has 108 valence electrons. The van der Waals surface area contributed by atoms with Gasteiger partial charge in [-0.1, -0.05) is 0 Å². The maximum absolute atomic E-state index is 12.5. The number of anilines is 1. The summed E-state index contributed by atoms with van der Waals surface area (Å²) in [5, 5.41) is 0. The van der Waals surface area contributed by atoms with E-state index in [-0.39, 0.29) is 17.4 Å². The van der Waals surface area contributed by atoms with Gasteiger partial charge in [-0.15, -0.1) is 0 Å². The lowest BCUT2D eigenvalue weighted by atomic mass is 10.2. The Morgan fingerprint density at radius 3 is 2.60 bits per heavy atom. The van der Waals surface area contributed by atoms with E-state index in [1.165, 1.54) is 21.3 Å². The van der Waals surface area contributed by atoms with Crippen LogP contribution in [0.5, 0.6) is 5.75 Å². The summed E-state index contributed by atoms with van der Waals surface area (Å²) in [5.74, 6) is 0.348. The summed E-state index contributed by atoms with van der Waals surface area (Å²) in [6.07, 6.45) is 1.79. The Morgan fingerprint density at radius 1 is 1.20 bits per heavy atom. The highest BCUT2D eigenvalue weighted by Gasteiger charge is 2.30. The van der Waals surface area contributed by atoms with Crippen LogP contribution in [-0.4, -0.2) is 45.4 Å². The first kappa shape index (κ1) is 13.4. The smallest absolute Gasteiger partial charge is 0.264 e. The highest BCUT2D eigenvalue weighted by atomic mass is 32.2. The number of hydrogen-bond acceptors (Lipinski definition) is 4. The van der Waals surface area contributed by atoms with Gasteiger partial charge in [-0.2, -0.15) is 4.31 Å². The molecule has 0 bridgehead atoms. The van der Waals surface area contributed by atoms with Gasteiger partial charge in [0.05, 0.1) is 10.6 Å². The van der Waals surface area contributed by atoms with Gasteiger partial charge < -0.3 is 9.64 Å². The maximum atomic E-state index is 12.5. The van der Waals surface area contributed by atoms with E-state index in [9.17, 15) is 13.2 Å². The number of carbonyl (C=O) groups is 1. The fourth-order valence-electron chi connectivity index (χ4n) is 2.49. The van der Waals surface area contributed by atoms with E-state index in [2.05, 4.69) is 0 Å². The van der Waals surface area contributed by atoms with Gasteiger partial charge in [0.1, 0.15) is 5.75 Å². The van der Waals surface area contributed by atoms with Crippen molar-refractivity contribution in [3.8, 4) is 5.75 Å². The molecular formula is C13H16N2O4S. The second-order valence-electron chi connectivity index (χ2n) is 4.98. The molecule has 2 aliphatic heterocycles. The van der Waals surface area contributed by atoms with Gasteiger partial charge in [0, 0.05) is 20.1 Å². The van der Waals surface area contributed by atoms with Crippen LogP contribution >= 0.6 is 0 Å². The molecule has 0 aliphatic carbocycles. The zero-order chi connectivity index (χ0) is 14.3. The van der Waals surface area contributed by atoms with E-state index >= 15 is 0 Å². The Labute approximate surface area is 118 Å². The average Bonchev–Trinajstić information content (AvgIpc) is 2.97. The minimum absolute atomic E-state index is 0.0122. The molecule has 0 N–H and O–H groups in total. The van der Waals surface area contributed by atoms with E-state index in [0.717, 1.165) is 12.8 Å².